The second-order valence-corrected chi connectivity index (χ2v) is 20.0. The first-order valence-electron chi connectivity index (χ1n) is 26.3. The van der Waals surface area contributed by atoms with Crippen LogP contribution < -0.4 is 33.2 Å². The number of esters is 4. The zero-order chi connectivity index (χ0) is 52.6. The predicted molar refractivity (Wildman–Crippen MR) is 287 cm³/mol. The van der Waals surface area contributed by atoms with Gasteiger partial charge in [0.2, 0.25) is 0 Å². The first-order valence-corrected chi connectivity index (χ1v) is 26.3. The fraction of sp³-hybridized carbons (Fsp3) is 0.365. The van der Waals surface area contributed by atoms with Gasteiger partial charge in [-0.3, -0.25) is 9.59 Å². The maximum Gasteiger partial charge on any atom is 0.344 e. The van der Waals surface area contributed by atoms with Crippen LogP contribution in [0.5, 0.6) is 40.2 Å². The minimum atomic E-state index is -1.24. The fourth-order valence-electron chi connectivity index (χ4n) is 11.5. The molecule has 6 aromatic carbocycles. The summed E-state index contributed by atoms with van der Waals surface area (Å²) in [5.41, 5.74) is 1.97. The molecule has 12 heteroatoms. The van der Waals surface area contributed by atoms with Crippen LogP contribution in [0.4, 0.5) is 0 Å². The standard InChI is InChI=1S/C63H66O12/c1-7-8-9-12-40-15-17-41(18-16-40)42-19-21-44(22-20-42)60(65)73-47-27-23-43(24-28-47)49-13-10-11-14-52(49)62(67)74-58-51-32-34-56-50(53(51)38-54(61(66)71-6)59(58)72-39(2)64)35-36-63(75-56,45-25-29-46(68-3)30-26-45)55-33-31-48(69-4)37-57(55)70-5/h10-11,13-14,23-38,40-42,44H,7-9,12,15-22H2,1-6H3. The number of fused-ring (bicyclic) bond motifs is 3. The second kappa shape index (κ2) is 23.3. The SMILES string of the molecule is CCCCCC1CCC(C2CCC(C(=O)Oc3ccc(-c4ccccc4C(=O)Oc4c(OC(C)=O)c(C(=O)OC)cc5c6c(ccc45)OC(c4ccc(OC)cc4)(c4ccc(OC)cc4OC)C=C6)cc3)CC2)CC1. The third-order valence-electron chi connectivity index (χ3n) is 15.6. The number of ether oxygens (including phenoxy) is 8. The van der Waals surface area contributed by atoms with Crippen LogP contribution in [-0.2, 0) is 19.9 Å². The van der Waals surface area contributed by atoms with Crippen molar-refractivity contribution in [1.82, 2.24) is 0 Å². The number of benzene rings is 6. The summed E-state index contributed by atoms with van der Waals surface area (Å²) in [7, 11) is 5.96. The van der Waals surface area contributed by atoms with Crippen LogP contribution in [0.25, 0.3) is 28.0 Å². The van der Waals surface area contributed by atoms with E-state index in [0.29, 0.717) is 67.7 Å². The summed E-state index contributed by atoms with van der Waals surface area (Å²) in [5, 5.41) is 0.783. The highest BCUT2D eigenvalue weighted by Crippen LogP contribution is 2.51. The highest BCUT2D eigenvalue weighted by molar-refractivity contribution is 6.09. The number of unbranched alkanes of at least 4 members (excludes halogenated alkanes) is 2. The molecule has 12 nitrogen and oxygen atoms in total. The lowest BCUT2D eigenvalue weighted by Crippen LogP contribution is -2.34. The molecule has 1 unspecified atom stereocenters. The zero-order valence-electron chi connectivity index (χ0n) is 43.7. The molecule has 0 bridgehead atoms. The molecule has 9 rings (SSSR count). The summed E-state index contributed by atoms with van der Waals surface area (Å²) in [6.45, 7) is 3.46. The average molecular weight is 1020 g/mol. The summed E-state index contributed by atoms with van der Waals surface area (Å²) in [4.78, 5) is 54.5. The van der Waals surface area contributed by atoms with Gasteiger partial charge in [0.15, 0.2) is 17.1 Å². The molecule has 0 amide bonds. The maximum absolute atomic E-state index is 14.6. The zero-order valence-corrected chi connectivity index (χ0v) is 43.7. The molecule has 0 saturated heterocycles. The molecular weight excluding hydrogens is 949 g/mol. The Labute approximate surface area is 439 Å². The maximum atomic E-state index is 14.6. The normalized spacial score (nSPS) is 20.0. The van der Waals surface area contributed by atoms with E-state index in [1.54, 1.807) is 88.1 Å². The molecule has 2 aliphatic carbocycles. The Morgan fingerprint density at radius 2 is 1.29 bits per heavy atom. The Bertz CT molecular complexity index is 3070. The van der Waals surface area contributed by atoms with Gasteiger partial charge in [0.1, 0.15) is 34.3 Å². The van der Waals surface area contributed by atoms with E-state index in [1.165, 1.54) is 71.5 Å². The number of carbonyl (C=O) groups is 4. The minimum absolute atomic E-state index is 0.127. The summed E-state index contributed by atoms with van der Waals surface area (Å²) in [6, 6.07) is 31.9. The van der Waals surface area contributed by atoms with E-state index in [4.69, 9.17) is 37.9 Å². The molecule has 0 radical (unpaired) electrons. The van der Waals surface area contributed by atoms with E-state index in [1.807, 2.05) is 48.6 Å². The fourth-order valence-corrected chi connectivity index (χ4v) is 11.5. The molecular formula is C63H66O12. The lowest BCUT2D eigenvalue weighted by atomic mass is 9.68. The Morgan fingerprint density at radius 1 is 0.613 bits per heavy atom. The number of hydrogen-bond acceptors (Lipinski definition) is 12. The van der Waals surface area contributed by atoms with Gasteiger partial charge in [0, 0.05) is 35.1 Å². The molecule has 1 aliphatic heterocycles. The van der Waals surface area contributed by atoms with Crippen LogP contribution >= 0.6 is 0 Å². The van der Waals surface area contributed by atoms with Crippen molar-refractivity contribution >= 4 is 40.7 Å². The van der Waals surface area contributed by atoms with Crippen molar-refractivity contribution in [1.29, 1.82) is 0 Å². The Hall–Kier alpha value is -7.60. The number of carbonyl (C=O) groups excluding carboxylic acids is 4. The third kappa shape index (κ3) is 11.1. The number of rotatable bonds is 17. The molecule has 2 fully saturated rings. The van der Waals surface area contributed by atoms with Crippen molar-refractivity contribution in [2.45, 2.75) is 96.5 Å². The summed E-state index contributed by atoms with van der Waals surface area (Å²) in [6.07, 6.45) is 18.3. The molecule has 1 heterocycles. The molecule has 390 valence electrons. The summed E-state index contributed by atoms with van der Waals surface area (Å²) >= 11 is 0. The largest absolute Gasteiger partial charge is 0.497 e. The molecule has 0 aromatic heterocycles. The highest BCUT2D eigenvalue weighted by Gasteiger charge is 2.41. The van der Waals surface area contributed by atoms with Crippen LogP contribution in [-0.4, -0.2) is 52.3 Å². The van der Waals surface area contributed by atoms with E-state index >= 15 is 0 Å². The lowest BCUT2D eigenvalue weighted by Gasteiger charge is -2.37. The van der Waals surface area contributed by atoms with Gasteiger partial charge in [-0.15, -0.1) is 0 Å². The molecule has 0 N–H and O–H groups in total. The van der Waals surface area contributed by atoms with Gasteiger partial charge >= 0.3 is 23.9 Å². The number of methoxy groups -OCH3 is 4. The van der Waals surface area contributed by atoms with E-state index in [-0.39, 0.29) is 34.5 Å². The smallest absolute Gasteiger partial charge is 0.344 e. The molecule has 1 atom stereocenters. The molecule has 6 aromatic rings. The second-order valence-electron chi connectivity index (χ2n) is 20.0. The lowest BCUT2D eigenvalue weighted by molar-refractivity contribution is -0.140. The van der Waals surface area contributed by atoms with Crippen molar-refractivity contribution in [3.8, 4) is 51.4 Å². The van der Waals surface area contributed by atoms with Gasteiger partial charge in [-0.25, -0.2) is 9.59 Å². The Kier molecular flexibility index (Phi) is 16.2. The van der Waals surface area contributed by atoms with Crippen molar-refractivity contribution < 1.29 is 57.1 Å². The first-order chi connectivity index (χ1) is 36.5. The van der Waals surface area contributed by atoms with E-state index in [2.05, 4.69) is 6.92 Å². The van der Waals surface area contributed by atoms with Crippen LogP contribution in [0.1, 0.15) is 128 Å². The van der Waals surface area contributed by atoms with E-state index in [9.17, 15) is 19.2 Å². The van der Waals surface area contributed by atoms with Gasteiger partial charge in [0.25, 0.3) is 0 Å². The van der Waals surface area contributed by atoms with Gasteiger partial charge in [0.05, 0.1) is 39.9 Å². The summed E-state index contributed by atoms with van der Waals surface area (Å²) in [5.74, 6) is 1.79. The molecule has 2 saturated carbocycles. The van der Waals surface area contributed by atoms with Gasteiger partial charge in [-0.1, -0.05) is 87.9 Å². The quantitative estimate of drug-likeness (QED) is 0.0487. The molecule has 75 heavy (non-hydrogen) atoms. The average Bonchev–Trinajstić information content (AvgIpc) is 3.46. The van der Waals surface area contributed by atoms with Crippen molar-refractivity contribution in [3.63, 3.8) is 0 Å². The molecule has 0 spiro atoms. The monoisotopic (exact) mass is 1010 g/mol. The van der Waals surface area contributed by atoms with Crippen molar-refractivity contribution in [2.24, 2.45) is 23.7 Å². The number of hydrogen-bond donors (Lipinski definition) is 0. The van der Waals surface area contributed by atoms with Gasteiger partial charge in [-0.05, 0) is 146 Å². The van der Waals surface area contributed by atoms with Crippen LogP contribution in [0, 0.1) is 23.7 Å². The van der Waals surface area contributed by atoms with Crippen LogP contribution in [0.3, 0.4) is 0 Å². The van der Waals surface area contributed by atoms with E-state index < -0.39 is 23.5 Å². The Morgan fingerprint density at radius 3 is 1.96 bits per heavy atom. The topological polar surface area (TPSA) is 142 Å². The first kappa shape index (κ1) is 52.3. The molecule has 3 aliphatic rings. The third-order valence-corrected chi connectivity index (χ3v) is 15.6. The minimum Gasteiger partial charge on any atom is -0.497 e. The Balaban J connectivity index is 0.980. The van der Waals surface area contributed by atoms with Gasteiger partial charge in [-0.2, -0.15) is 0 Å². The summed E-state index contributed by atoms with van der Waals surface area (Å²) < 4.78 is 47.2. The van der Waals surface area contributed by atoms with Crippen molar-refractivity contribution in [3.05, 3.63) is 143 Å². The van der Waals surface area contributed by atoms with Crippen molar-refractivity contribution in [2.75, 3.05) is 28.4 Å². The van der Waals surface area contributed by atoms with Crippen LogP contribution in [0.15, 0.2) is 115 Å². The highest BCUT2D eigenvalue weighted by atomic mass is 16.6. The van der Waals surface area contributed by atoms with Gasteiger partial charge < -0.3 is 37.9 Å². The van der Waals surface area contributed by atoms with E-state index in [0.717, 1.165) is 43.1 Å². The van der Waals surface area contributed by atoms with Crippen LogP contribution in [0.2, 0.25) is 0 Å². The predicted octanol–water partition coefficient (Wildman–Crippen LogP) is 13.9.